The molecule has 3 nitrogen and oxygen atoms in total. The van der Waals surface area contributed by atoms with E-state index in [0.717, 1.165) is 11.4 Å². The molecule has 1 aromatic rings. The van der Waals surface area contributed by atoms with Gasteiger partial charge in [-0.25, -0.2) is 0 Å². The SMILES string of the molecule is CC(=O)N(C)[n+]1c(C)cc(C)cc1C. The van der Waals surface area contributed by atoms with Crippen molar-refractivity contribution in [2.24, 2.45) is 0 Å². The highest BCUT2D eigenvalue weighted by Gasteiger charge is 2.19. The van der Waals surface area contributed by atoms with Gasteiger partial charge in [0.05, 0.1) is 7.05 Å². The van der Waals surface area contributed by atoms with Crippen LogP contribution < -0.4 is 9.69 Å². The molecule has 1 amide bonds. The van der Waals surface area contributed by atoms with E-state index in [1.165, 1.54) is 5.56 Å². The summed E-state index contributed by atoms with van der Waals surface area (Å²) in [5.74, 6) is 0.0325. The van der Waals surface area contributed by atoms with Crippen LogP contribution in [0.15, 0.2) is 12.1 Å². The average molecular weight is 193 g/mol. The van der Waals surface area contributed by atoms with Gasteiger partial charge in [0.15, 0.2) is 0 Å². The normalized spacial score (nSPS) is 10.1. The second kappa shape index (κ2) is 3.78. The molecule has 0 aliphatic heterocycles. The largest absolute Gasteiger partial charge is 0.274 e. The average Bonchev–Trinajstić information content (AvgIpc) is 2.01. The highest BCUT2D eigenvalue weighted by Crippen LogP contribution is 2.01. The Morgan fingerprint density at radius 3 is 2.00 bits per heavy atom. The van der Waals surface area contributed by atoms with E-state index in [-0.39, 0.29) is 5.91 Å². The van der Waals surface area contributed by atoms with Gasteiger partial charge < -0.3 is 0 Å². The molecule has 0 radical (unpaired) electrons. The summed E-state index contributed by atoms with van der Waals surface area (Å²) in [6, 6.07) is 4.12. The number of nitrogens with zero attached hydrogens (tertiary/aromatic N) is 2. The third-order valence-electron chi connectivity index (χ3n) is 2.30. The van der Waals surface area contributed by atoms with Crippen molar-refractivity contribution in [1.82, 2.24) is 0 Å². The number of hydrogen-bond acceptors (Lipinski definition) is 1. The van der Waals surface area contributed by atoms with Gasteiger partial charge in [-0.3, -0.25) is 4.79 Å². The standard InChI is InChI=1S/C11H17N2O/c1-8-6-9(2)13(10(3)7-8)12(5)11(4)14/h6-7H,1-5H3/q+1. The molecular formula is C11H17N2O+. The van der Waals surface area contributed by atoms with Crippen LogP contribution in [0.5, 0.6) is 0 Å². The Morgan fingerprint density at radius 2 is 1.64 bits per heavy atom. The van der Waals surface area contributed by atoms with Crippen LogP contribution in [0, 0.1) is 20.8 Å². The first-order chi connectivity index (χ1) is 6.43. The summed E-state index contributed by atoms with van der Waals surface area (Å²) in [6.07, 6.45) is 0. The second-order valence-electron chi connectivity index (χ2n) is 3.67. The zero-order valence-electron chi connectivity index (χ0n) is 9.46. The Morgan fingerprint density at radius 1 is 1.21 bits per heavy atom. The number of carbonyl (C=O) groups excluding carboxylic acids is 1. The molecule has 0 unspecified atom stereocenters. The number of aromatic nitrogens is 1. The lowest BCUT2D eigenvalue weighted by Gasteiger charge is -2.12. The van der Waals surface area contributed by atoms with E-state index in [0.29, 0.717) is 0 Å². The fourth-order valence-electron chi connectivity index (χ4n) is 1.72. The number of hydrogen-bond donors (Lipinski definition) is 0. The molecule has 0 aliphatic carbocycles. The molecule has 14 heavy (non-hydrogen) atoms. The van der Waals surface area contributed by atoms with Crippen molar-refractivity contribution >= 4 is 5.91 Å². The van der Waals surface area contributed by atoms with Crippen molar-refractivity contribution in [2.45, 2.75) is 27.7 Å². The molecule has 0 saturated heterocycles. The van der Waals surface area contributed by atoms with Gasteiger partial charge in [0.2, 0.25) is 11.4 Å². The van der Waals surface area contributed by atoms with Crippen LogP contribution in [-0.4, -0.2) is 13.0 Å². The van der Waals surface area contributed by atoms with Gasteiger partial charge in [-0.2, -0.15) is 0 Å². The van der Waals surface area contributed by atoms with Gasteiger partial charge in [0.1, 0.15) is 0 Å². The van der Waals surface area contributed by atoms with E-state index in [1.54, 1.807) is 19.0 Å². The predicted octanol–water partition coefficient (Wildman–Crippen LogP) is 1.01. The maximum atomic E-state index is 11.2. The number of amides is 1. The Bertz CT molecular complexity index is 349. The minimum Gasteiger partial charge on any atom is -0.269 e. The smallest absolute Gasteiger partial charge is 0.269 e. The molecule has 1 aromatic heterocycles. The van der Waals surface area contributed by atoms with Gasteiger partial charge >= 0.3 is 0 Å². The Labute approximate surface area is 84.9 Å². The van der Waals surface area contributed by atoms with E-state index in [9.17, 15) is 4.79 Å². The lowest BCUT2D eigenvalue weighted by Crippen LogP contribution is -2.61. The highest BCUT2D eigenvalue weighted by molar-refractivity contribution is 5.80. The van der Waals surface area contributed by atoms with E-state index >= 15 is 0 Å². The third kappa shape index (κ3) is 1.92. The van der Waals surface area contributed by atoms with Gasteiger partial charge in [0.25, 0.3) is 5.91 Å². The van der Waals surface area contributed by atoms with Gasteiger partial charge in [-0.05, 0) is 12.5 Å². The zero-order chi connectivity index (χ0) is 10.9. The van der Waals surface area contributed by atoms with Gasteiger partial charge in [-0.15, -0.1) is 5.01 Å². The summed E-state index contributed by atoms with van der Waals surface area (Å²) in [5, 5.41) is 1.62. The number of rotatable bonds is 1. The second-order valence-corrected chi connectivity index (χ2v) is 3.67. The topological polar surface area (TPSA) is 24.2 Å². The summed E-state index contributed by atoms with van der Waals surface area (Å²) in [4.78, 5) is 11.2. The first-order valence-electron chi connectivity index (χ1n) is 4.68. The summed E-state index contributed by atoms with van der Waals surface area (Å²) in [7, 11) is 1.78. The Hall–Kier alpha value is -1.38. The number of carbonyl (C=O) groups is 1. The minimum absolute atomic E-state index is 0.0325. The monoisotopic (exact) mass is 193 g/mol. The van der Waals surface area contributed by atoms with Crippen LogP contribution in [0.2, 0.25) is 0 Å². The van der Waals surface area contributed by atoms with Gasteiger partial charge in [0, 0.05) is 32.9 Å². The van der Waals surface area contributed by atoms with Gasteiger partial charge in [-0.1, -0.05) is 4.68 Å². The van der Waals surface area contributed by atoms with Crippen LogP contribution in [0.1, 0.15) is 23.9 Å². The maximum Gasteiger partial charge on any atom is 0.274 e. The quantitative estimate of drug-likeness (QED) is 0.611. The van der Waals surface area contributed by atoms with Crippen molar-refractivity contribution in [3.8, 4) is 0 Å². The van der Waals surface area contributed by atoms with Crippen molar-refractivity contribution < 1.29 is 9.47 Å². The molecule has 0 aliphatic rings. The Kier molecular flexibility index (Phi) is 2.89. The molecular weight excluding hydrogens is 176 g/mol. The van der Waals surface area contributed by atoms with Crippen LogP contribution in [-0.2, 0) is 4.79 Å². The first-order valence-corrected chi connectivity index (χ1v) is 4.68. The van der Waals surface area contributed by atoms with E-state index in [4.69, 9.17) is 0 Å². The molecule has 0 bridgehead atoms. The van der Waals surface area contributed by atoms with Crippen molar-refractivity contribution in [3.05, 3.63) is 29.1 Å². The molecule has 76 valence electrons. The van der Waals surface area contributed by atoms with Crippen LogP contribution in [0.3, 0.4) is 0 Å². The molecule has 0 spiro atoms. The first kappa shape index (κ1) is 10.7. The fourth-order valence-corrected chi connectivity index (χ4v) is 1.72. The molecule has 0 fully saturated rings. The zero-order valence-corrected chi connectivity index (χ0v) is 9.46. The lowest BCUT2D eigenvalue weighted by atomic mass is 10.2. The molecule has 1 rings (SSSR count). The van der Waals surface area contributed by atoms with Crippen molar-refractivity contribution in [2.75, 3.05) is 12.1 Å². The number of aryl methyl sites for hydroxylation is 3. The molecule has 0 saturated carbocycles. The van der Waals surface area contributed by atoms with Crippen LogP contribution in [0.25, 0.3) is 0 Å². The summed E-state index contributed by atoms with van der Waals surface area (Å²) in [6.45, 7) is 7.61. The molecule has 1 heterocycles. The maximum absolute atomic E-state index is 11.2. The highest BCUT2D eigenvalue weighted by atomic mass is 16.2. The molecule has 0 atom stereocenters. The van der Waals surface area contributed by atoms with E-state index in [2.05, 4.69) is 19.1 Å². The summed E-state index contributed by atoms with van der Waals surface area (Å²) >= 11 is 0. The van der Waals surface area contributed by atoms with E-state index in [1.807, 2.05) is 18.5 Å². The fraction of sp³-hybridized carbons (Fsp3) is 0.455. The van der Waals surface area contributed by atoms with Crippen LogP contribution in [0.4, 0.5) is 0 Å². The number of pyridine rings is 1. The minimum atomic E-state index is 0.0325. The molecule has 0 aromatic carbocycles. The third-order valence-corrected chi connectivity index (χ3v) is 2.30. The molecule has 3 heteroatoms. The van der Waals surface area contributed by atoms with Crippen molar-refractivity contribution in [1.29, 1.82) is 0 Å². The van der Waals surface area contributed by atoms with Crippen molar-refractivity contribution in [3.63, 3.8) is 0 Å². The molecule has 0 N–H and O–H groups in total. The lowest BCUT2D eigenvalue weighted by molar-refractivity contribution is -0.692. The van der Waals surface area contributed by atoms with Crippen LogP contribution >= 0.6 is 0 Å². The van der Waals surface area contributed by atoms with E-state index < -0.39 is 0 Å². The summed E-state index contributed by atoms with van der Waals surface area (Å²) in [5.41, 5.74) is 3.36. The summed E-state index contributed by atoms with van der Waals surface area (Å²) < 4.78 is 1.91. The predicted molar refractivity (Wildman–Crippen MR) is 55.7 cm³/mol. The Balaban J connectivity index is 3.27.